The Morgan fingerprint density at radius 3 is 2.51 bits per heavy atom. The number of benzene rings is 1. The van der Waals surface area contributed by atoms with E-state index in [1.54, 1.807) is 25.1 Å². The first kappa shape index (κ1) is 27.3. The van der Waals surface area contributed by atoms with Crippen molar-refractivity contribution in [3.05, 3.63) is 75.5 Å². The summed E-state index contributed by atoms with van der Waals surface area (Å²) in [5.74, 6) is -0.961. The maximum absolute atomic E-state index is 12.8. The van der Waals surface area contributed by atoms with Crippen molar-refractivity contribution < 1.29 is 37.4 Å². The summed E-state index contributed by atoms with van der Waals surface area (Å²) in [6, 6.07) is 7.35. The molecule has 10 heteroatoms. The third kappa shape index (κ3) is 8.40. The summed E-state index contributed by atoms with van der Waals surface area (Å²) in [7, 11) is 1.25. The highest BCUT2D eigenvalue weighted by Gasteiger charge is 2.22. The molecule has 1 unspecified atom stereocenters. The van der Waals surface area contributed by atoms with Gasteiger partial charge in [-0.1, -0.05) is 25.1 Å². The van der Waals surface area contributed by atoms with E-state index in [2.05, 4.69) is 10.1 Å². The molecule has 1 amide bonds. The minimum atomic E-state index is -2.59. The Kier molecular flexibility index (Phi) is 10.2. The molecule has 8 nitrogen and oxygen atoms in total. The average Bonchev–Trinajstić information content (AvgIpc) is 2.82. The average molecular weight is 491 g/mol. The number of alkyl halides is 2. The number of aromatic hydroxyl groups is 1. The quantitative estimate of drug-likeness (QED) is 0.335. The lowest BCUT2D eigenvalue weighted by molar-refractivity contribution is 0.0819. The third-order valence-electron chi connectivity index (χ3n) is 4.93. The van der Waals surface area contributed by atoms with E-state index in [1.807, 2.05) is 0 Å². The number of hydrogen-bond donors (Lipinski definition) is 2. The molecule has 0 spiro atoms. The van der Waals surface area contributed by atoms with E-state index in [0.29, 0.717) is 18.4 Å². The number of methoxy groups -OCH3 is 1. The van der Waals surface area contributed by atoms with Crippen LogP contribution in [0.4, 0.5) is 13.6 Å². The van der Waals surface area contributed by atoms with Gasteiger partial charge in [-0.2, -0.15) is 0 Å². The highest BCUT2D eigenvalue weighted by molar-refractivity contribution is 6.12. The number of carbonyl (C=O) groups is 2. The Balaban J connectivity index is 2.08. The fourth-order valence-electron chi connectivity index (χ4n) is 3.04. The maximum Gasteiger partial charge on any atom is 0.410 e. The number of halogens is 2. The van der Waals surface area contributed by atoms with Gasteiger partial charge in [-0.25, -0.2) is 18.4 Å². The molecule has 0 fully saturated rings. The summed E-state index contributed by atoms with van der Waals surface area (Å²) in [6.07, 6.45) is 2.54. The lowest BCUT2D eigenvalue weighted by atomic mass is 9.99. The van der Waals surface area contributed by atoms with Crippen molar-refractivity contribution in [3.8, 4) is 11.5 Å². The van der Waals surface area contributed by atoms with E-state index in [-0.39, 0.29) is 23.0 Å². The Morgan fingerprint density at radius 2 is 1.91 bits per heavy atom. The minimum absolute atomic E-state index is 0.165. The summed E-state index contributed by atoms with van der Waals surface area (Å²) in [5, 5.41) is 12.8. The molecule has 0 saturated carbocycles. The van der Waals surface area contributed by atoms with Crippen LogP contribution in [-0.4, -0.2) is 37.1 Å². The molecule has 1 aromatic heterocycles. The van der Waals surface area contributed by atoms with Crippen molar-refractivity contribution in [1.82, 2.24) is 5.32 Å². The first-order chi connectivity index (χ1) is 16.6. The summed E-state index contributed by atoms with van der Waals surface area (Å²) < 4.78 is 39.1. The van der Waals surface area contributed by atoms with Crippen molar-refractivity contribution in [2.45, 2.75) is 39.0 Å². The fourth-order valence-corrected chi connectivity index (χ4v) is 3.04. The highest BCUT2D eigenvalue weighted by Crippen LogP contribution is 2.26. The van der Waals surface area contributed by atoms with Crippen LogP contribution in [0.3, 0.4) is 0 Å². The van der Waals surface area contributed by atoms with Gasteiger partial charge in [0.2, 0.25) is 0 Å². The molecular formula is C25H27F2NO7. The number of amides is 1. The Bertz CT molecular complexity index is 1140. The first-order valence-electron chi connectivity index (χ1n) is 10.7. The third-order valence-corrected chi connectivity index (χ3v) is 4.93. The molecule has 0 aliphatic heterocycles. The molecule has 188 valence electrons. The lowest BCUT2D eigenvalue weighted by Gasteiger charge is -2.11. The van der Waals surface area contributed by atoms with Gasteiger partial charge in [0, 0.05) is 18.2 Å². The summed E-state index contributed by atoms with van der Waals surface area (Å²) in [5.41, 5.74) is -0.695. The van der Waals surface area contributed by atoms with Crippen LogP contribution in [-0.2, 0) is 4.74 Å². The van der Waals surface area contributed by atoms with Crippen LogP contribution in [0.1, 0.15) is 54.3 Å². The van der Waals surface area contributed by atoms with Crippen LogP contribution in [0.25, 0.3) is 6.08 Å². The van der Waals surface area contributed by atoms with E-state index in [0.717, 1.165) is 0 Å². The van der Waals surface area contributed by atoms with E-state index in [4.69, 9.17) is 9.15 Å². The molecule has 0 radical (unpaired) electrons. The van der Waals surface area contributed by atoms with E-state index >= 15 is 0 Å². The van der Waals surface area contributed by atoms with E-state index in [1.165, 1.54) is 44.5 Å². The number of ether oxygens (including phenoxy) is 2. The van der Waals surface area contributed by atoms with Gasteiger partial charge in [-0.3, -0.25) is 10.1 Å². The fraction of sp³-hybridized carbons (Fsp3) is 0.320. The van der Waals surface area contributed by atoms with Crippen LogP contribution in [0.5, 0.6) is 11.5 Å². The smallest absolute Gasteiger partial charge is 0.410 e. The summed E-state index contributed by atoms with van der Waals surface area (Å²) in [4.78, 5) is 36.3. The predicted molar refractivity (Wildman–Crippen MR) is 125 cm³/mol. The SMILES string of the molecule is COC(=O)N/C=C/CCC(C)c1cc(O)c(C(=O)/C(C)=C/c2ccc(OCC(F)F)cc2)c(=O)o1. The van der Waals surface area contributed by atoms with Crippen molar-refractivity contribution >= 4 is 18.0 Å². The van der Waals surface area contributed by atoms with Gasteiger partial charge in [-0.15, -0.1) is 0 Å². The second-order valence-electron chi connectivity index (χ2n) is 7.64. The number of allylic oxidation sites excluding steroid dienone is 2. The number of carbonyl (C=O) groups excluding carboxylic acids is 2. The summed E-state index contributed by atoms with van der Waals surface area (Å²) in [6.45, 7) is 2.55. The molecule has 0 saturated heterocycles. The van der Waals surface area contributed by atoms with E-state index < -0.39 is 41.8 Å². The zero-order chi connectivity index (χ0) is 26.0. The van der Waals surface area contributed by atoms with Crippen LogP contribution in [0, 0.1) is 0 Å². The molecular weight excluding hydrogens is 464 g/mol. The Morgan fingerprint density at radius 1 is 1.23 bits per heavy atom. The van der Waals surface area contributed by atoms with Gasteiger partial charge in [-0.05, 0) is 49.1 Å². The number of ketones is 1. The molecule has 0 bridgehead atoms. The maximum atomic E-state index is 12.8. The number of rotatable bonds is 11. The number of hydrogen-bond acceptors (Lipinski definition) is 7. The van der Waals surface area contributed by atoms with Gasteiger partial charge in [0.05, 0.1) is 7.11 Å². The van der Waals surface area contributed by atoms with Crippen LogP contribution in [0.15, 0.2) is 57.4 Å². The van der Waals surface area contributed by atoms with Gasteiger partial charge < -0.3 is 19.0 Å². The normalized spacial score (nSPS) is 12.6. The zero-order valence-electron chi connectivity index (χ0n) is 19.5. The Hall–Kier alpha value is -3.95. The van der Waals surface area contributed by atoms with Gasteiger partial charge >= 0.3 is 11.7 Å². The van der Waals surface area contributed by atoms with Gasteiger partial charge in [0.15, 0.2) is 5.78 Å². The Labute approximate surface area is 200 Å². The largest absolute Gasteiger partial charge is 0.507 e. The lowest BCUT2D eigenvalue weighted by Crippen LogP contribution is -2.16. The van der Waals surface area contributed by atoms with Crippen LogP contribution in [0.2, 0.25) is 0 Å². The van der Waals surface area contributed by atoms with Crippen molar-refractivity contribution in [3.63, 3.8) is 0 Å². The van der Waals surface area contributed by atoms with Gasteiger partial charge in [0.25, 0.3) is 6.43 Å². The van der Waals surface area contributed by atoms with Crippen LogP contribution < -0.4 is 15.7 Å². The summed E-state index contributed by atoms with van der Waals surface area (Å²) >= 11 is 0. The minimum Gasteiger partial charge on any atom is -0.507 e. The molecule has 2 aromatic rings. The zero-order valence-corrected chi connectivity index (χ0v) is 19.5. The monoisotopic (exact) mass is 491 g/mol. The van der Waals surface area contributed by atoms with Crippen LogP contribution >= 0.6 is 0 Å². The van der Waals surface area contributed by atoms with Crippen molar-refractivity contribution in [2.24, 2.45) is 0 Å². The number of alkyl carbamates (subject to hydrolysis) is 1. The molecule has 1 aromatic carbocycles. The standard InChI is InChI=1S/C25H27F2NO7/c1-15(6-4-5-11-28-25(32)33-3)20-13-19(29)22(24(31)35-20)23(30)16(2)12-17-7-9-18(10-8-17)34-14-21(26)27/h5,7-13,15,21,29H,4,6,14H2,1-3H3,(H,28,32)/b11-5+,16-12+. The predicted octanol–water partition coefficient (Wildman–Crippen LogP) is 5.03. The number of nitrogens with one attached hydrogen (secondary N) is 1. The van der Waals surface area contributed by atoms with E-state index in [9.17, 15) is 28.3 Å². The topological polar surface area (TPSA) is 115 Å². The molecule has 2 rings (SSSR count). The molecule has 35 heavy (non-hydrogen) atoms. The number of Topliss-reactive ketones (excluding diaryl/α,β-unsaturated/α-hetero) is 1. The van der Waals surface area contributed by atoms with Gasteiger partial charge in [0.1, 0.15) is 29.4 Å². The molecule has 0 aliphatic rings. The molecule has 0 aliphatic carbocycles. The first-order valence-corrected chi connectivity index (χ1v) is 10.7. The molecule has 2 N–H and O–H groups in total. The second kappa shape index (κ2) is 13.1. The molecule has 1 atom stereocenters. The molecule has 1 heterocycles. The highest BCUT2D eigenvalue weighted by atomic mass is 19.3. The second-order valence-corrected chi connectivity index (χ2v) is 7.64. The van der Waals surface area contributed by atoms with Crippen molar-refractivity contribution in [2.75, 3.05) is 13.7 Å². The van der Waals surface area contributed by atoms with Crippen molar-refractivity contribution in [1.29, 1.82) is 0 Å².